The molecule has 1 aromatic carbocycles. The zero-order valence-corrected chi connectivity index (χ0v) is 7.88. The SMILES string of the molecule is Cc1ccc(O)c(CNC2CC2)c1. The monoisotopic (exact) mass is 177 g/mol. The molecule has 0 amide bonds. The van der Waals surface area contributed by atoms with Crippen molar-refractivity contribution in [2.45, 2.75) is 32.4 Å². The molecular weight excluding hydrogens is 162 g/mol. The van der Waals surface area contributed by atoms with Crippen LogP contribution in [0.2, 0.25) is 0 Å². The van der Waals surface area contributed by atoms with Crippen LogP contribution in [-0.4, -0.2) is 11.1 Å². The molecule has 1 aromatic rings. The number of rotatable bonds is 3. The van der Waals surface area contributed by atoms with Crippen molar-refractivity contribution >= 4 is 0 Å². The van der Waals surface area contributed by atoms with Crippen LogP contribution in [0.25, 0.3) is 0 Å². The minimum Gasteiger partial charge on any atom is -0.508 e. The van der Waals surface area contributed by atoms with Gasteiger partial charge in [-0.05, 0) is 25.8 Å². The van der Waals surface area contributed by atoms with Crippen molar-refractivity contribution in [3.8, 4) is 5.75 Å². The summed E-state index contributed by atoms with van der Waals surface area (Å²) in [4.78, 5) is 0. The van der Waals surface area contributed by atoms with Crippen molar-refractivity contribution in [2.75, 3.05) is 0 Å². The molecule has 1 aliphatic rings. The molecule has 2 rings (SSSR count). The highest BCUT2D eigenvalue weighted by Gasteiger charge is 2.20. The Morgan fingerprint density at radius 3 is 2.92 bits per heavy atom. The van der Waals surface area contributed by atoms with E-state index >= 15 is 0 Å². The standard InChI is InChI=1S/C11H15NO/c1-8-2-5-11(13)9(6-8)7-12-10-3-4-10/h2,5-6,10,12-13H,3-4,7H2,1H3. The Morgan fingerprint density at radius 2 is 2.23 bits per heavy atom. The van der Waals surface area contributed by atoms with Crippen LogP contribution in [0.5, 0.6) is 5.75 Å². The van der Waals surface area contributed by atoms with E-state index in [0.717, 1.165) is 12.1 Å². The van der Waals surface area contributed by atoms with E-state index in [1.54, 1.807) is 6.07 Å². The van der Waals surface area contributed by atoms with Gasteiger partial charge in [0, 0.05) is 18.2 Å². The maximum Gasteiger partial charge on any atom is 0.120 e. The Hall–Kier alpha value is -1.02. The van der Waals surface area contributed by atoms with Crippen LogP contribution in [0, 0.1) is 6.92 Å². The number of phenolic OH excluding ortho intramolecular Hbond substituents is 1. The lowest BCUT2D eigenvalue weighted by molar-refractivity contribution is 0.464. The molecule has 1 aliphatic carbocycles. The van der Waals surface area contributed by atoms with Gasteiger partial charge in [0.1, 0.15) is 5.75 Å². The molecule has 2 N–H and O–H groups in total. The third-order valence-electron chi connectivity index (χ3n) is 2.39. The lowest BCUT2D eigenvalue weighted by Gasteiger charge is -2.06. The van der Waals surface area contributed by atoms with Crippen molar-refractivity contribution in [1.82, 2.24) is 5.32 Å². The van der Waals surface area contributed by atoms with Crippen molar-refractivity contribution in [3.63, 3.8) is 0 Å². The van der Waals surface area contributed by atoms with Crippen LogP contribution in [0.3, 0.4) is 0 Å². The first-order valence-electron chi connectivity index (χ1n) is 4.77. The van der Waals surface area contributed by atoms with Crippen molar-refractivity contribution in [1.29, 1.82) is 0 Å². The number of nitrogens with one attached hydrogen (secondary N) is 1. The Bertz CT molecular complexity index is 305. The minimum atomic E-state index is 0.402. The molecule has 1 fully saturated rings. The summed E-state index contributed by atoms with van der Waals surface area (Å²) in [5.74, 6) is 0.402. The summed E-state index contributed by atoms with van der Waals surface area (Å²) in [5, 5.41) is 12.9. The lowest BCUT2D eigenvalue weighted by Crippen LogP contribution is -2.15. The van der Waals surface area contributed by atoms with E-state index in [0.29, 0.717) is 11.8 Å². The molecule has 0 unspecified atom stereocenters. The van der Waals surface area contributed by atoms with Crippen molar-refractivity contribution in [2.24, 2.45) is 0 Å². The fraction of sp³-hybridized carbons (Fsp3) is 0.455. The van der Waals surface area contributed by atoms with E-state index in [4.69, 9.17) is 0 Å². The Labute approximate surface area is 78.6 Å². The zero-order chi connectivity index (χ0) is 9.26. The highest BCUT2D eigenvalue weighted by atomic mass is 16.3. The van der Waals surface area contributed by atoms with Crippen molar-refractivity contribution in [3.05, 3.63) is 29.3 Å². The lowest BCUT2D eigenvalue weighted by atomic mass is 10.1. The summed E-state index contributed by atoms with van der Waals surface area (Å²) in [7, 11) is 0. The van der Waals surface area contributed by atoms with Gasteiger partial charge in [0.2, 0.25) is 0 Å². The first-order valence-corrected chi connectivity index (χ1v) is 4.77. The third kappa shape index (κ3) is 2.22. The fourth-order valence-corrected chi connectivity index (χ4v) is 1.40. The van der Waals surface area contributed by atoms with E-state index in [-0.39, 0.29) is 0 Å². The van der Waals surface area contributed by atoms with Crippen LogP contribution in [0.15, 0.2) is 18.2 Å². The molecule has 0 radical (unpaired) electrons. The van der Waals surface area contributed by atoms with Gasteiger partial charge in [-0.3, -0.25) is 0 Å². The van der Waals surface area contributed by atoms with Gasteiger partial charge in [0.05, 0.1) is 0 Å². The highest BCUT2D eigenvalue weighted by molar-refractivity contribution is 5.35. The normalized spacial score (nSPS) is 16.1. The quantitative estimate of drug-likeness (QED) is 0.739. The smallest absolute Gasteiger partial charge is 0.120 e. The highest BCUT2D eigenvalue weighted by Crippen LogP contribution is 2.22. The number of hydrogen-bond acceptors (Lipinski definition) is 2. The van der Waals surface area contributed by atoms with Gasteiger partial charge in [0.15, 0.2) is 0 Å². The largest absolute Gasteiger partial charge is 0.508 e. The number of benzene rings is 1. The second-order valence-electron chi connectivity index (χ2n) is 3.79. The fourth-order valence-electron chi connectivity index (χ4n) is 1.40. The predicted octanol–water partition coefficient (Wildman–Crippen LogP) is 1.95. The number of phenols is 1. The Balaban J connectivity index is 2.03. The van der Waals surface area contributed by atoms with Crippen LogP contribution in [0.4, 0.5) is 0 Å². The van der Waals surface area contributed by atoms with Gasteiger partial charge in [-0.25, -0.2) is 0 Å². The average Bonchev–Trinajstić information content (AvgIpc) is 2.90. The van der Waals surface area contributed by atoms with E-state index in [1.165, 1.54) is 18.4 Å². The summed E-state index contributed by atoms with van der Waals surface area (Å²) in [5.41, 5.74) is 2.21. The molecule has 2 nitrogen and oxygen atoms in total. The molecule has 0 atom stereocenters. The van der Waals surface area contributed by atoms with Gasteiger partial charge in [-0.1, -0.05) is 17.7 Å². The van der Waals surface area contributed by atoms with Crippen molar-refractivity contribution < 1.29 is 5.11 Å². The van der Waals surface area contributed by atoms with Gasteiger partial charge in [0.25, 0.3) is 0 Å². The van der Waals surface area contributed by atoms with E-state index in [1.807, 2.05) is 19.1 Å². The average molecular weight is 177 g/mol. The first kappa shape index (κ1) is 8.57. The van der Waals surface area contributed by atoms with Crippen LogP contribution < -0.4 is 5.32 Å². The molecule has 0 aromatic heterocycles. The second-order valence-corrected chi connectivity index (χ2v) is 3.79. The minimum absolute atomic E-state index is 0.402. The zero-order valence-electron chi connectivity index (χ0n) is 7.88. The van der Waals surface area contributed by atoms with Gasteiger partial charge >= 0.3 is 0 Å². The molecule has 0 saturated heterocycles. The number of aryl methyl sites for hydroxylation is 1. The molecular formula is C11H15NO. The topological polar surface area (TPSA) is 32.3 Å². The first-order chi connectivity index (χ1) is 6.25. The maximum absolute atomic E-state index is 9.53. The third-order valence-corrected chi connectivity index (χ3v) is 2.39. The van der Waals surface area contributed by atoms with Crippen LogP contribution in [0.1, 0.15) is 24.0 Å². The summed E-state index contributed by atoms with van der Waals surface area (Å²) in [6.07, 6.45) is 2.57. The van der Waals surface area contributed by atoms with Gasteiger partial charge < -0.3 is 10.4 Å². The van der Waals surface area contributed by atoms with E-state index < -0.39 is 0 Å². The molecule has 0 aliphatic heterocycles. The molecule has 70 valence electrons. The molecule has 0 heterocycles. The molecule has 1 saturated carbocycles. The second kappa shape index (κ2) is 3.38. The van der Waals surface area contributed by atoms with Gasteiger partial charge in [-0.2, -0.15) is 0 Å². The van der Waals surface area contributed by atoms with Crippen LogP contribution >= 0.6 is 0 Å². The van der Waals surface area contributed by atoms with E-state index in [9.17, 15) is 5.11 Å². The molecule has 0 bridgehead atoms. The summed E-state index contributed by atoms with van der Waals surface area (Å²) >= 11 is 0. The molecule has 0 spiro atoms. The maximum atomic E-state index is 9.53. The molecule has 2 heteroatoms. The van der Waals surface area contributed by atoms with Gasteiger partial charge in [-0.15, -0.1) is 0 Å². The summed E-state index contributed by atoms with van der Waals surface area (Å²) in [6.45, 7) is 2.83. The Morgan fingerprint density at radius 1 is 1.46 bits per heavy atom. The van der Waals surface area contributed by atoms with E-state index in [2.05, 4.69) is 5.32 Å². The molecule has 13 heavy (non-hydrogen) atoms. The number of aromatic hydroxyl groups is 1. The predicted molar refractivity (Wildman–Crippen MR) is 52.7 cm³/mol. The summed E-state index contributed by atoms with van der Waals surface area (Å²) in [6, 6.07) is 6.42. The summed E-state index contributed by atoms with van der Waals surface area (Å²) < 4.78 is 0. The number of hydrogen-bond donors (Lipinski definition) is 2. The Kier molecular flexibility index (Phi) is 2.23. The van der Waals surface area contributed by atoms with Crippen LogP contribution in [-0.2, 0) is 6.54 Å².